The third-order valence-electron chi connectivity index (χ3n) is 7.58. The number of fused-ring (bicyclic) bond motifs is 1. The van der Waals surface area contributed by atoms with Gasteiger partial charge in [-0.1, -0.05) is 86.6 Å². The Balaban J connectivity index is 1.22. The molecule has 3 heterocycles. The van der Waals surface area contributed by atoms with Gasteiger partial charge in [0.05, 0.1) is 23.9 Å². The lowest BCUT2D eigenvalue weighted by Crippen LogP contribution is -2.37. The Morgan fingerprint density at radius 1 is 0.892 bits per heavy atom. The van der Waals surface area contributed by atoms with Crippen molar-refractivity contribution in [1.29, 1.82) is 0 Å². The normalized spacial score (nSPS) is 16.5. The van der Waals surface area contributed by atoms with Crippen LogP contribution in [0.5, 0.6) is 0 Å². The summed E-state index contributed by atoms with van der Waals surface area (Å²) in [5.41, 5.74) is 6.54. The number of benzene rings is 3. The Hall–Kier alpha value is -4.12. The summed E-state index contributed by atoms with van der Waals surface area (Å²) in [6, 6.07) is 29.2. The molecular weight excluding hydrogens is 456 g/mol. The molecule has 5 heteroatoms. The molecule has 0 spiro atoms. The van der Waals surface area contributed by atoms with Crippen molar-refractivity contribution in [2.45, 2.75) is 38.6 Å². The predicted molar refractivity (Wildman–Crippen MR) is 149 cm³/mol. The first-order chi connectivity index (χ1) is 18.1. The van der Waals surface area contributed by atoms with Gasteiger partial charge < -0.3 is 14.9 Å². The number of nitrogens with zero attached hydrogens (tertiary/aromatic N) is 2. The van der Waals surface area contributed by atoms with Gasteiger partial charge in [0.2, 0.25) is 5.91 Å². The van der Waals surface area contributed by atoms with Crippen molar-refractivity contribution in [2.75, 3.05) is 6.54 Å². The van der Waals surface area contributed by atoms with Crippen molar-refractivity contribution in [3.8, 4) is 22.5 Å². The third-order valence-corrected chi connectivity index (χ3v) is 7.58. The predicted octanol–water partition coefficient (Wildman–Crippen LogP) is 7.33. The molecule has 1 amide bonds. The van der Waals surface area contributed by atoms with E-state index in [0.29, 0.717) is 0 Å². The number of imidazole rings is 1. The highest BCUT2D eigenvalue weighted by Gasteiger charge is 2.37. The van der Waals surface area contributed by atoms with E-state index in [1.54, 1.807) is 0 Å². The van der Waals surface area contributed by atoms with E-state index in [4.69, 9.17) is 4.98 Å². The zero-order valence-corrected chi connectivity index (χ0v) is 21.3. The van der Waals surface area contributed by atoms with Gasteiger partial charge in [0, 0.05) is 23.1 Å². The Morgan fingerprint density at radius 2 is 1.59 bits per heavy atom. The van der Waals surface area contributed by atoms with Crippen LogP contribution in [0.1, 0.15) is 50.0 Å². The molecule has 5 aromatic rings. The second-order valence-electron chi connectivity index (χ2n) is 10.4. The number of carbonyl (C=O) groups is 1. The minimum Gasteiger partial charge on any atom is -0.355 e. The lowest BCUT2D eigenvalue weighted by Gasteiger charge is -2.30. The average Bonchev–Trinajstić information content (AvgIpc) is 3.68. The number of hydrogen-bond donors (Lipinski definition) is 2. The number of aromatic amines is 2. The van der Waals surface area contributed by atoms with Crippen LogP contribution in [0.15, 0.2) is 91.1 Å². The van der Waals surface area contributed by atoms with E-state index in [9.17, 15) is 4.79 Å². The van der Waals surface area contributed by atoms with Gasteiger partial charge in [-0.05, 0) is 47.6 Å². The number of nitrogens with one attached hydrogen (secondary N) is 2. The van der Waals surface area contributed by atoms with E-state index in [1.165, 1.54) is 5.39 Å². The Morgan fingerprint density at radius 3 is 2.32 bits per heavy atom. The van der Waals surface area contributed by atoms with Gasteiger partial charge >= 0.3 is 0 Å². The maximum atomic E-state index is 13.8. The molecule has 5 nitrogen and oxygen atoms in total. The SMILES string of the molecule is CC(C)[C@@H](C(=O)N1CCC[C@H]1c1ncc(-c2ccc(-c3cc4ccccc4[nH]3)cc2)[nH]1)c1ccccc1. The quantitative estimate of drug-likeness (QED) is 0.263. The molecule has 0 unspecified atom stereocenters. The fraction of sp³-hybridized carbons (Fsp3) is 0.250. The standard InChI is InChI=1S/C32H32N4O/c1-21(2)30(24-9-4-3-5-10-24)32(37)36-18-8-13-29(36)31-33-20-28(35-31)23-16-14-22(15-17-23)27-19-25-11-6-7-12-26(25)34-27/h3-7,9-12,14-17,19-21,29-30,34H,8,13,18H2,1-2H3,(H,33,35)/t29-,30+/m0/s1. The lowest BCUT2D eigenvalue weighted by molar-refractivity contribution is -0.135. The molecule has 1 aliphatic rings. The second-order valence-corrected chi connectivity index (χ2v) is 10.4. The summed E-state index contributed by atoms with van der Waals surface area (Å²) in [7, 11) is 0. The number of aromatic nitrogens is 3. The van der Waals surface area contributed by atoms with Gasteiger partial charge in [-0.15, -0.1) is 0 Å². The van der Waals surface area contributed by atoms with Crippen LogP contribution in [-0.4, -0.2) is 32.3 Å². The number of hydrogen-bond acceptors (Lipinski definition) is 2. The summed E-state index contributed by atoms with van der Waals surface area (Å²) in [6.45, 7) is 5.03. The van der Waals surface area contributed by atoms with Gasteiger partial charge in [-0.25, -0.2) is 4.98 Å². The molecule has 1 aliphatic heterocycles. The summed E-state index contributed by atoms with van der Waals surface area (Å²) in [5, 5.41) is 1.21. The average molecular weight is 489 g/mol. The van der Waals surface area contributed by atoms with Crippen molar-refractivity contribution >= 4 is 16.8 Å². The van der Waals surface area contributed by atoms with Crippen molar-refractivity contribution in [3.05, 3.63) is 103 Å². The summed E-state index contributed by atoms with van der Waals surface area (Å²) < 4.78 is 0. The monoisotopic (exact) mass is 488 g/mol. The van der Waals surface area contributed by atoms with E-state index < -0.39 is 0 Å². The van der Waals surface area contributed by atoms with Crippen LogP contribution in [-0.2, 0) is 4.79 Å². The summed E-state index contributed by atoms with van der Waals surface area (Å²) >= 11 is 0. The molecule has 37 heavy (non-hydrogen) atoms. The van der Waals surface area contributed by atoms with Crippen molar-refractivity contribution in [3.63, 3.8) is 0 Å². The second kappa shape index (κ2) is 9.74. The zero-order chi connectivity index (χ0) is 25.4. The van der Waals surface area contributed by atoms with Crippen LogP contribution in [0.4, 0.5) is 0 Å². The topological polar surface area (TPSA) is 64.8 Å². The molecule has 186 valence electrons. The molecule has 1 fully saturated rings. The zero-order valence-electron chi connectivity index (χ0n) is 21.3. The van der Waals surface area contributed by atoms with E-state index >= 15 is 0 Å². The highest BCUT2D eigenvalue weighted by Crippen LogP contribution is 2.36. The lowest BCUT2D eigenvalue weighted by atomic mass is 9.87. The van der Waals surface area contributed by atoms with Gasteiger partial charge in [0.25, 0.3) is 0 Å². The first-order valence-corrected chi connectivity index (χ1v) is 13.2. The molecule has 2 aromatic heterocycles. The molecule has 3 aromatic carbocycles. The van der Waals surface area contributed by atoms with E-state index in [2.05, 4.69) is 84.5 Å². The summed E-state index contributed by atoms with van der Waals surface area (Å²) in [6.07, 6.45) is 3.81. The Labute approximate surface area is 217 Å². The van der Waals surface area contributed by atoms with Gasteiger partial charge in [-0.3, -0.25) is 4.79 Å². The fourth-order valence-electron chi connectivity index (χ4n) is 5.68. The number of para-hydroxylation sites is 1. The molecule has 0 aliphatic carbocycles. The molecule has 0 bridgehead atoms. The van der Waals surface area contributed by atoms with E-state index in [-0.39, 0.29) is 23.8 Å². The Kier molecular flexibility index (Phi) is 6.13. The van der Waals surface area contributed by atoms with Gasteiger partial charge in [0.15, 0.2) is 0 Å². The van der Waals surface area contributed by atoms with Crippen molar-refractivity contribution < 1.29 is 4.79 Å². The van der Waals surface area contributed by atoms with Crippen LogP contribution < -0.4 is 0 Å². The first kappa shape index (κ1) is 23.3. The van der Waals surface area contributed by atoms with Crippen LogP contribution in [0.25, 0.3) is 33.4 Å². The molecule has 2 atom stereocenters. The van der Waals surface area contributed by atoms with E-state index in [0.717, 1.165) is 58.8 Å². The molecule has 2 N–H and O–H groups in total. The summed E-state index contributed by atoms with van der Waals surface area (Å²) in [4.78, 5) is 27.6. The molecule has 0 saturated carbocycles. The highest BCUT2D eigenvalue weighted by atomic mass is 16.2. The van der Waals surface area contributed by atoms with Crippen LogP contribution in [0.3, 0.4) is 0 Å². The van der Waals surface area contributed by atoms with Gasteiger partial charge in [-0.2, -0.15) is 0 Å². The Bertz CT molecular complexity index is 1480. The molecular formula is C32H32N4O. The third kappa shape index (κ3) is 4.46. The van der Waals surface area contributed by atoms with E-state index in [1.807, 2.05) is 35.4 Å². The summed E-state index contributed by atoms with van der Waals surface area (Å²) in [5.74, 6) is 1.15. The van der Waals surface area contributed by atoms with Crippen molar-refractivity contribution in [1.82, 2.24) is 19.9 Å². The molecule has 1 saturated heterocycles. The van der Waals surface area contributed by atoms with Crippen LogP contribution >= 0.6 is 0 Å². The molecule has 0 radical (unpaired) electrons. The van der Waals surface area contributed by atoms with Gasteiger partial charge in [0.1, 0.15) is 5.82 Å². The van der Waals surface area contributed by atoms with Crippen molar-refractivity contribution in [2.24, 2.45) is 5.92 Å². The number of rotatable bonds is 6. The largest absolute Gasteiger partial charge is 0.355 e. The molecule has 6 rings (SSSR count). The minimum absolute atomic E-state index is 0.0168. The number of H-pyrrole nitrogens is 2. The van der Waals surface area contributed by atoms with Crippen LogP contribution in [0.2, 0.25) is 0 Å². The minimum atomic E-state index is -0.145. The smallest absolute Gasteiger partial charge is 0.230 e. The maximum absolute atomic E-state index is 13.8. The number of carbonyl (C=O) groups excluding carboxylic acids is 1. The number of amides is 1. The van der Waals surface area contributed by atoms with Crippen LogP contribution in [0, 0.1) is 5.92 Å². The fourth-order valence-corrected chi connectivity index (χ4v) is 5.68. The maximum Gasteiger partial charge on any atom is 0.230 e. The number of likely N-dealkylation sites (tertiary alicyclic amines) is 1. The highest BCUT2D eigenvalue weighted by molar-refractivity contribution is 5.86. The first-order valence-electron chi connectivity index (χ1n) is 13.2.